The van der Waals surface area contributed by atoms with E-state index in [-0.39, 0.29) is 40.9 Å². The number of alkyl halides is 3. The first-order valence-electron chi connectivity index (χ1n) is 9.84. The summed E-state index contributed by atoms with van der Waals surface area (Å²) < 4.78 is 83.5. The lowest BCUT2D eigenvalue weighted by molar-refractivity contribution is -0.146. The predicted molar refractivity (Wildman–Crippen MR) is 119 cm³/mol. The number of nitrogens with one attached hydrogen (secondary N) is 1. The molecule has 0 atom stereocenters. The Labute approximate surface area is 193 Å². The Kier molecular flexibility index (Phi) is 7.18. The van der Waals surface area contributed by atoms with Crippen molar-refractivity contribution in [1.29, 1.82) is 0 Å². The smallest absolute Gasteiger partial charge is 0.327 e. The molecule has 33 heavy (non-hydrogen) atoms. The molecular formula is C21H21ClF4N4O2S. The lowest BCUT2D eigenvalue weighted by Gasteiger charge is -2.10. The van der Waals surface area contributed by atoms with Gasteiger partial charge in [0.1, 0.15) is 5.83 Å². The van der Waals surface area contributed by atoms with E-state index in [1.807, 2.05) is 0 Å². The van der Waals surface area contributed by atoms with Crippen molar-refractivity contribution in [3.8, 4) is 11.1 Å². The molecule has 6 nitrogen and oxygen atoms in total. The summed E-state index contributed by atoms with van der Waals surface area (Å²) >= 11 is 0. The second kappa shape index (κ2) is 9.41. The zero-order valence-corrected chi connectivity index (χ0v) is 18.8. The van der Waals surface area contributed by atoms with Crippen molar-refractivity contribution in [2.24, 2.45) is 5.73 Å². The van der Waals surface area contributed by atoms with Gasteiger partial charge in [0.25, 0.3) is 0 Å². The molecule has 12 heteroatoms. The first-order chi connectivity index (χ1) is 15.1. The summed E-state index contributed by atoms with van der Waals surface area (Å²) in [5, 5.41) is 0. The number of hydrogen-bond acceptors (Lipinski definition) is 4. The Morgan fingerprint density at radius 3 is 2.55 bits per heavy atom. The van der Waals surface area contributed by atoms with Crippen LogP contribution in [-0.2, 0) is 22.7 Å². The van der Waals surface area contributed by atoms with Crippen LogP contribution >= 0.6 is 12.4 Å². The average molecular weight is 505 g/mol. The highest BCUT2D eigenvalue weighted by atomic mass is 35.5. The maximum atomic E-state index is 14.1. The van der Waals surface area contributed by atoms with Crippen LogP contribution in [0.5, 0.6) is 0 Å². The molecule has 1 aliphatic carbocycles. The Morgan fingerprint density at radius 2 is 1.91 bits per heavy atom. The van der Waals surface area contributed by atoms with Gasteiger partial charge in [-0.05, 0) is 42.7 Å². The fourth-order valence-corrected chi connectivity index (χ4v) is 4.77. The summed E-state index contributed by atoms with van der Waals surface area (Å²) in [7, 11) is -3.75. The molecule has 2 aromatic carbocycles. The molecule has 0 spiro atoms. The van der Waals surface area contributed by atoms with Crippen LogP contribution in [0.4, 0.5) is 17.6 Å². The van der Waals surface area contributed by atoms with Gasteiger partial charge in [-0.2, -0.15) is 13.2 Å². The van der Waals surface area contributed by atoms with E-state index in [2.05, 4.69) is 9.71 Å². The van der Waals surface area contributed by atoms with Crippen molar-refractivity contribution in [1.82, 2.24) is 14.3 Å². The Hall–Kier alpha value is -2.47. The molecule has 0 unspecified atom stereocenters. The van der Waals surface area contributed by atoms with E-state index in [0.717, 1.165) is 23.5 Å². The second-order valence-electron chi connectivity index (χ2n) is 7.50. The van der Waals surface area contributed by atoms with Crippen LogP contribution in [0.2, 0.25) is 0 Å². The van der Waals surface area contributed by atoms with Crippen LogP contribution in [0.15, 0.2) is 59.3 Å². The van der Waals surface area contributed by atoms with E-state index in [4.69, 9.17) is 5.73 Å². The maximum Gasteiger partial charge on any atom is 0.449 e. The van der Waals surface area contributed by atoms with Crippen LogP contribution in [0.3, 0.4) is 0 Å². The van der Waals surface area contributed by atoms with Crippen LogP contribution in [-0.4, -0.2) is 30.6 Å². The molecule has 0 radical (unpaired) electrons. The van der Waals surface area contributed by atoms with Crippen molar-refractivity contribution in [2.75, 3.05) is 6.54 Å². The first-order valence-corrected chi connectivity index (χ1v) is 11.3. The van der Waals surface area contributed by atoms with Gasteiger partial charge >= 0.3 is 6.18 Å². The first kappa shape index (κ1) is 25.2. The Morgan fingerprint density at radius 1 is 1.21 bits per heavy atom. The average Bonchev–Trinajstić information content (AvgIpc) is 3.45. The number of benzene rings is 2. The quantitative estimate of drug-likeness (QED) is 0.467. The zero-order valence-electron chi connectivity index (χ0n) is 17.1. The van der Waals surface area contributed by atoms with Gasteiger partial charge in [0.15, 0.2) is 0 Å². The summed E-state index contributed by atoms with van der Waals surface area (Å²) in [5.41, 5.74) is 6.00. The standard InChI is InChI=1S/C21H20F4N4O2S.ClH/c22-14(9-10-26)12-29-18-6-2-5-17(19(18)27-20(29)21(23,24)25)13-3-1-4-16(11-13)32(30,31)28-15-7-8-15;/h1-6,9,11,15,28H,7-8,10,12,26H2;1H/b14-9-;. The molecule has 1 aromatic heterocycles. The van der Waals surface area contributed by atoms with E-state index in [1.165, 1.54) is 30.3 Å². The monoisotopic (exact) mass is 504 g/mol. The van der Waals surface area contributed by atoms with Crippen LogP contribution in [0.1, 0.15) is 18.7 Å². The van der Waals surface area contributed by atoms with Crippen molar-refractivity contribution in [2.45, 2.75) is 36.5 Å². The second-order valence-corrected chi connectivity index (χ2v) is 9.22. The lowest BCUT2D eigenvalue weighted by Crippen LogP contribution is -2.25. The summed E-state index contributed by atoms with van der Waals surface area (Å²) in [6, 6.07) is 10.3. The predicted octanol–water partition coefficient (Wildman–Crippen LogP) is 4.40. The number of nitrogens with zero attached hydrogens (tertiary/aromatic N) is 2. The number of allylic oxidation sites excluding steroid dienone is 1. The van der Waals surface area contributed by atoms with Crippen molar-refractivity contribution < 1.29 is 26.0 Å². The maximum absolute atomic E-state index is 14.1. The van der Waals surface area contributed by atoms with Gasteiger partial charge < -0.3 is 10.3 Å². The van der Waals surface area contributed by atoms with E-state index in [9.17, 15) is 26.0 Å². The van der Waals surface area contributed by atoms with Gasteiger partial charge in [0.05, 0.1) is 22.5 Å². The molecule has 1 heterocycles. The number of imidazole rings is 1. The molecule has 3 aromatic rings. The van der Waals surface area contributed by atoms with Crippen molar-refractivity contribution >= 4 is 33.5 Å². The fourth-order valence-electron chi connectivity index (χ4n) is 3.42. The third kappa shape index (κ3) is 5.37. The number of para-hydroxylation sites is 1. The molecule has 178 valence electrons. The lowest BCUT2D eigenvalue weighted by atomic mass is 10.0. The summed E-state index contributed by atoms with van der Waals surface area (Å²) in [5.74, 6) is -2.07. The number of rotatable bonds is 7. The molecule has 0 saturated heterocycles. The van der Waals surface area contributed by atoms with Gasteiger partial charge in [-0.15, -0.1) is 12.4 Å². The minimum Gasteiger partial charge on any atom is -0.327 e. The molecule has 0 bridgehead atoms. The SMILES string of the molecule is Cl.NC/C=C(\F)Cn1c(C(F)(F)F)nc2c(-c3cccc(S(=O)(=O)NC4CC4)c3)cccc21. The Balaban J connectivity index is 0.00000306. The van der Waals surface area contributed by atoms with Gasteiger partial charge in [-0.1, -0.05) is 24.3 Å². The number of aromatic nitrogens is 2. The number of sulfonamides is 1. The topological polar surface area (TPSA) is 90.0 Å². The van der Waals surface area contributed by atoms with Gasteiger partial charge in [-0.25, -0.2) is 22.5 Å². The van der Waals surface area contributed by atoms with E-state index in [1.54, 1.807) is 12.1 Å². The molecule has 4 rings (SSSR count). The summed E-state index contributed by atoms with van der Waals surface area (Å²) in [6.07, 6.45) is -2.29. The molecule has 3 N–H and O–H groups in total. The van der Waals surface area contributed by atoms with E-state index in [0.29, 0.717) is 11.1 Å². The number of nitrogens with two attached hydrogens (primary N) is 1. The van der Waals surface area contributed by atoms with Crippen LogP contribution in [0.25, 0.3) is 22.2 Å². The summed E-state index contributed by atoms with van der Waals surface area (Å²) in [6.45, 7) is -0.826. The van der Waals surface area contributed by atoms with Crippen LogP contribution < -0.4 is 10.5 Å². The highest BCUT2D eigenvalue weighted by Gasteiger charge is 2.38. The highest BCUT2D eigenvalue weighted by Crippen LogP contribution is 2.36. The van der Waals surface area contributed by atoms with E-state index >= 15 is 0 Å². The Bertz CT molecular complexity index is 1300. The minimum atomic E-state index is -4.82. The number of fused-ring (bicyclic) bond motifs is 1. The molecule has 1 saturated carbocycles. The molecule has 0 aliphatic heterocycles. The van der Waals surface area contributed by atoms with Crippen molar-refractivity contribution in [3.63, 3.8) is 0 Å². The van der Waals surface area contributed by atoms with Gasteiger partial charge in [-0.3, -0.25) is 0 Å². The largest absolute Gasteiger partial charge is 0.449 e. The molecular weight excluding hydrogens is 484 g/mol. The minimum absolute atomic E-state index is 0. The third-order valence-electron chi connectivity index (χ3n) is 5.04. The highest BCUT2D eigenvalue weighted by molar-refractivity contribution is 7.89. The van der Waals surface area contributed by atoms with Crippen molar-refractivity contribution in [3.05, 3.63) is 60.2 Å². The third-order valence-corrected chi connectivity index (χ3v) is 6.55. The van der Waals surface area contributed by atoms with Gasteiger partial charge in [0, 0.05) is 18.2 Å². The summed E-state index contributed by atoms with van der Waals surface area (Å²) in [4.78, 5) is 3.78. The molecule has 1 aliphatic rings. The van der Waals surface area contributed by atoms with Crippen LogP contribution in [0, 0.1) is 0 Å². The molecule has 1 fully saturated rings. The number of halogens is 5. The molecule has 0 amide bonds. The normalized spacial score (nSPS) is 15.0. The van der Waals surface area contributed by atoms with Gasteiger partial charge in [0.2, 0.25) is 15.8 Å². The van der Waals surface area contributed by atoms with E-state index < -0.39 is 34.4 Å². The fraction of sp³-hybridized carbons (Fsp3) is 0.286. The number of hydrogen-bond donors (Lipinski definition) is 2. The zero-order chi connectivity index (χ0) is 23.1.